The number of amides is 2. The van der Waals surface area contributed by atoms with Crippen LogP contribution >= 0.6 is 11.3 Å². The monoisotopic (exact) mass is 568 g/mol. The van der Waals surface area contributed by atoms with Crippen LogP contribution in [0.1, 0.15) is 19.8 Å². The number of anilines is 2. The van der Waals surface area contributed by atoms with Crippen LogP contribution in [0.4, 0.5) is 28.9 Å². The molecule has 2 N–H and O–H groups in total. The van der Waals surface area contributed by atoms with Gasteiger partial charge in [-0.1, -0.05) is 6.07 Å². The van der Waals surface area contributed by atoms with Crippen molar-refractivity contribution >= 4 is 46.3 Å². The minimum absolute atomic E-state index is 0.0615. The van der Waals surface area contributed by atoms with Gasteiger partial charge in [0.2, 0.25) is 5.91 Å². The molecular weight excluding hydrogens is 540 g/mol. The highest BCUT2D eigenvalue weighted by Crippen LogP contribution is 2.20. The summed E-state index contributed by atoms with van der Waals surface area (Å²) in [4.78, 5) is 41.2. The van der Waals surface area contributed by atoms with Gasteiger partial charge in [-0.15, -0.1) is 11.3 Å². The van der Waals surface area contributed by atoms with Crippen LogP contribution < -0.4 is 30.3 Å². The Morgan fingerprint density at radius 1 is 1.28 bits per heavy atom. The molecule has 1 aliphatic rings. The van der Waals surface area contributed by atoms with Gasteiger partial charge in [0.1, 0.15) is 28.0 Å². The van der Waals surface area contributed by atoms with Gasteiger partial charge >= 0.3 is 6.18 Å². The van der Waals surface area contributed by atoms with Crippen LogP contribution in [-0.4, -0.2) is 66.9 Å². The summed E-state index contributed by atoms with van der Waals surface area (Å²) in [7, 11) is 1.63. The highest BCUT2D eigenvalue weighted by atomic mass is 32.1. The molecule has 0 atom stereocenters. The predicted octanol–water partition coefficient (Wildman–Crippen LogP) is 1.53. The molecule has 2 amide bonds. The zero-order valence-corrected chi connectivity index (χ0v) is 22.2. The van der Waals surface area contributed by atoms with Gasteiger partial charge in [0.25, 0.3) is 11.5 Å². The van der Waals surface area contributed by atoms with Crippen molar-refractivity contribution in [3.63, 3.8) is 0 Å². The highest BCUT2D eigenvalue weighted by molar-refractivity contribution is 7.07. The Labute approximate surface area is 225 Å². The molecule has 0 spiro atoms. The van der Waals surface area contributed by atoms with Gasteiger partial charge in [-0.2, -0.15) is 18.4 Å². The largest absolute Gasteiger partial charge is 0.405 e. The van der Waals surface area contributed by atoms with E-state index in [1.165, 1.54) is 11.1 Å². The van der Waals surface area contributed by atoms with Crippen molar-refractivity contribution in [3.05, 3.63) is 43.8 Å². The first kappa shape index (κ1) is 29.9. The Kier molecular flexibility index (Phi) is 9.87. The predicted molar refractivity (Wildman–Crippen MR) is 140 cm³/mol. The van der Waals surface area contributed by atoms with Crippen LogP contribution in [0.5, 0.6) is 0 Å². The second kappa shape index (κ2) is 12.9. The Balaban J connectivity index is 1.82. The van der Waals surface area contributed by atoms with Crippen LogP contribution in [-0.2, 0) is 16.1 Å². The quantitative estimate of drug-likeness (QED) is 0.468. The van der Waals surface area contributed by atoms with E-state index in [-0.39, 0.29) is 28.2 Å². The van der Waals surface area contributed by atoms with E-state index in [2.05, 4.69) is 5.32 Å². The van der Waals surface area contributed by atoms with E-state index in [9.17, 15) is 37.2 Å². The van der Waals surface area contributed by atoms with Gasteiger partial charge in [-0.05, 0) is 38.0 Å². The number of alkyl halides is 4. The number of nitrogens with zero attached hydrogens (tertiary/aromatic N) is 4. The number of thiazole rings is 1. The van der Waals surface area contributed by atoms with E-state index in [1.807, 2.05) is 4.90 Å². The molecule has 1 saturated heterocycles. The third-order valence-electron chi connectivity index (χ3n) is 6.08. The second-order valence-electron chi connectivity index (χ2n) is 8.85. The summed E-state index contributed by atoms with van der Waals surface area (Å²) in [6.07, 6.45) is -3.30. The van der Waals surface area contributed by atoms with Gasteiger partial charge in [0.15, 0.2) is 5.57 Å². The van der Waals surface area contributed by atoms with Crippen molar-refractivity contribution in [2.75, 3.05) is 43.4 Å². The Morgan fingerprint density at radius 2 is 1.97 bits per heavy atom. The molecule has 1 aliphatic heterocycles. The molecule has 0 radical (unpaired) electrons. The molecule has 0 unspecified atom stereocenters. The first-order chi connectivity index (χ1) is 18.4. The maximum absolute atomic E-state index is 13.4. The molecule has 1 fully saturated rings. The van der Waals surface area contributed by atoms with E-state index in [0.29, 0.717) is 37.3 Å². The van der Waals surface area contributed by atoms with E-state index >= 15 is 0 Å². The molecule has 1 aromatic carbocycles. The molecule has 0 aliphatic carbocycles. The van der Waals surface area contributed by atoms with Gasteiger partial charge < -0.3 is 15.5 Å². The number of aromatic nitrogens is 1. The van der Waals surface area contributed by atoms with E-state index in [4.69, 9.17) is 0 Å². The lowest BCUT2D eigenvalue weighted by Gasteiger charge is -2.29. The summed E-state index contributed by atoms with van der Waals surface area (Å²) in [5, 5.41) is 14.0. The molecule has 3 rings (SSSR count). The minimum Gasteiger partial charge on any atom is -0.360 e. The van der Waals surface area contributed by atoms with Gasteiger partial charge in [-0.25, -0.2) is 4.39 Å². The maximum atomic E-state index is 13.4. The number of piperidine rings is 1. The van der Waals surface area contributed by atoms with Crippen LogP contribution in [0.2, 0.25) is 0 Å². The van der Waals surface area contributed by atoms with E-state index in [0.717, 1.165) is 15.9 Å². The van der Waals surface area contributed by atoms with Crippen LogP contribution in [0.25, 0.3) is 11.8 Å². The fourth-order valence-corrected chi connectivity index (χ4v) is 5.00. The standard InChI is InChI=1S/C25H28F4N6O3S/c1-3-35-23(38)20(39-24(35)19(12-30)22(37)32-15-25(27,28)29)13-31-17-5-4-6-18(11-17)33(2)21(36)14-34-9-7-16(26)8-10-34/h4-6,11,13,16,31H,3,7-10,14-15H2,1-2H3,(H,32,37)/b20-13+,24-19-. The van der Waals surface area contributed by atoms with Gasteiger partial charge in [0.05, 0.1) is 6.54 Å². The van der Waals surface area contributed by atoms with Crippen molar-refractivity contribution in [1.29, 1.82) is 5.26 Å². The topological polar surface area (TPSA) is 110 Å². The number of carbonyl (C=O) groups is 2. The summed E-state index contributed by atoms with van der Waals surface area (Å²) in [5.41, 5.74) is -0.00385. The summed E-state index contributed by atoms with van der Waals surface area (Å²) < 4.78 is 52.0. The van der Waals surface area contributed by atoms with Crippen molar-refractivity contribution in [1.82, 2.24) is 14.8 Å². The Bertz CT molecular complexity index is 1420. The fourth-order valence-electron chi connectivity index (χ4n) is 3.91. The molecule has 210 valence electrons. The summed E-state index contributed by atoms with van der Waals surface area (Å²) in [5.74, 6) is -1.39. The van der Waals surface area contributed by atoms with Crippen LogP contribution in [0.15, 0.2) is 29.1 Å². The SMILES string of the molecule is CCn1c(=O)/c(=C\Nc2cccc(N(C)C(=O)CN3CCC(F)CC3)c2)s/c1=C(/C#N)C(=O)NCC(F)(F)F. The van der Waals surface area contributed by atoms with Crippen molar-refractivity contribution in [2.45, 2.75) is 38.7 Å². The normalized spacial score (nSPS) is 16.0. The van der Waals surface area contributed by atoms with E-state index in [1.54, 1.807) is 49.6 Å². The van der Waals surface area contributed by atoms with Gasteiger partial charge in [0, 0.05) is 44.3 Å². The summed E-state index contributed by atoms with van der Waals surface area (Å²) >= 11 is 0.793. The smallest absolute Gasteiger partial charge is 0.360 e. The molecule has 2 heterocycles. The molecule has 2 aromatic rings. The molecule has 39 heavy (non-hydrogen) atoms. The second-order valence-corrected chi connectivity index (χ2v) is 9.88. The number of halogens is 4. The molecule has 9 nitrogen and oxygen atoms in total. The Hall–Kier alpha value is -3.70. The third-order valence-corrected chi connectivity index (χ3v) is 7.21. The highest BCUT2D eigenvalue weighted by Gasteiger charge is 2.29. The lowest BCUT2D eigenvalue weighted by Crippen LogP contribution is -2.42. The number of hydrogen-bond donors (Lipinski definition) is 2. The first-order valence-corrected chi connectivity index (χ1v) is 12.9. The number of likely N-dealkylation sites (N-methyl/N-ethyl adjacent to an activating group) is 1. The zero-order chi connectivity index (χ0) is 28.7. The fraction of sp³-hybridized carbons (Fsp3) is 0.440. The lowest BCUT2D eigenvalue weighted by molar-refractivity contribution is -0.135. The number of hydrogen-bond acceptors (Lipinski definition) is 7. The maximum Gasteiger partial charge on any atom is 0.405 e. The van der Waals surface area contributed by atoms with E-state index < -0.39 is 35.9 Å². The molecule has 14 heteroatoms. The minimum atomic E-state index is -4.65. The number of rotatable bonds is 8. The van der Waals surface area contributed by atoms with Crippen molar-refractivity contribution in [3.8, 4) is 6.07 Å². The zero-order valence-electron chi connectivity index (χ0n) is 21.3. The number of nitrogens with one attached hydrogen (secondary N) is 2. The lowest BCUT2D eigenvalue weighted by atomic mass is 10.1. The average molecular weight is 569 g/mol. The number of carbonyl (C=O) groups excluding carboxylic acids is 2. The molecule has 0 saturated carbocycles. The molecule has 0 bridgehead atoms. The molecule has 1 aromatic heterocycles. The third kappa shape index (κ3) is 7.90. The van der Waals surface area contributed by atoms with Crippen LogP contribution in [0, 0.1) is 11.3 Å². The van der Waals surface area contributed by atoms with Gasteiger partial charge in [-0.3, -0.25) is 23.9 Å². The summed E-state index contributed by atoms with van der Waals surface area (Å²) in [6, 6.07) is 8.43. The average Bonchev–Trinajstić information content (AvgIpc) is 3.21. The first-order valence-electron chi connectivity index (χ1n) is 12.1. The number of benzene rings is 1. The number of likely N-dealkylation sites (tertiary alicyclic amines) is 1. The van der Waals surface area contributed by atoms with Crippen LogP contribution in [0.3, 0.4) is 0 Å². The Morgan fingerprint density at radius 3 is 2.59 bits per heavy atom. The summed E-state index contributed by atoms with van der Waals surface area (Å²) in [6.45, 7) is 1.28. The number of nitriles is 1. The van der Waals surface area contributed by atoms with Crippen molar-refractivity contribution < 1.29 is 27.2 Å². The van der Waals surface area contributed by atoms with Crippen molar-refractivity contribution in [2.24, 2.45) is 0 Å². The molecular formula is C25H28F4N6O3S.